The molecule has 0 aliphatic carbocycles. The molecule has 1 nitrogen and oxygen atoms in total. The van der Waals surface area contributed by atoms with E-state index in [1.165, 1.54) is 5.56 Å². The molecule has 0 bridgehead atoms. The first-order chi connectivity index (χ1) is 6.09. The van der Waals surface area contributed by atoms with Crippen LogP contribution in [0.5, 0.6) is 5.75 Å². The van der Waals surface area contributed by atoms with Gasteiger partial charge in [0.2, 0.25) is 0 Å². The van der Waals surface area contributed by atoms with E-state index in [1.807, 2.05) is 25.1 Å². The lowest BCUT2D eigenvalue weighted by Crippen LogP contribution is -2.04. The lowest BCUT2D eigenvalue weighted by Gasteiger charge is -2.10. The van der Waals surface area contributed by atoms with Gasteiger partial charge in [0.25, 0.3) is 0 Å². The quantitative estimate of drug-likeness (QED) is 0.730. The van der Waals surface area contributed by atoms with Crippen LogP contribution in [0, 0.1) is 12.8 Å². The van der Waals surface area contributed by atoms with E-state index in [4.69, 9.17) is 4.74 Å². The van der Waals surface area contributed by atoms with E-state index >= 15 is 0 Å². The highest BCUT2D eigenvalue weighted by atomic mass is 32.1. The van der Waals surface area contributed by atoms with Gasteiger partial charge in [0.15, 0.2) is 0 Å². The predicted octanol–water partition coefficient (Wildman–Crippen LogP) is 3.32. The van der Waals surface area contributed by atoms with Crippen molar-refractivity contribution in [2.75, 3.05) is 6.61 Å². The Morgan fingerprint density at radius 1 is 1.38 bits per heavy atom. The summed E-state index contributed by atoms with van der Waals surface area (Å²) in [5.74, 6) is 1.43. The molecule has 0 saturated carbocycles. The number of aryl methyl sites for hydroxylation is 1. The van der Waals surface area contributed by atoms with E-state index in [2.05, 4.69) is 26.5 Å². The van der Waals surface area contributed by atoms with Crippen LogP contribution in [-0.4, -0.2) is 6.61 Å². The van der Waals surface area contributed by atoms with Gasteiger partial charge in [0, 0.05) is 4.90 Å². The molecule has 0 unspecified atom stereocenters. The Balaban J connectivity index is 2.67. The Morgan fingerprint density at radius 2 is 2.08 bits per heavy atom. The van der Waals surface area contributed by atoms with Crippen LogP contribution >= 0.6 is 12.6 Å². The first-order valence-corrected chi connectivity index (χ1v) is 4.96. The first kappa shape index (κ1) is 10.5. The van der Waals surface area contributed by atoms with Crippen molar-refractivity contribution in [3.8, 4) is 5.75 Å². The van der Waals surface area contributed by atoms with Gasteiger partial charge in [0.05, 0.1) is 6.61 Å². The smallest absolute Gasteiger partial charge is 0.132 e. The molecule has 72 valence electrons. The average Bonchev–Trinajstić information content (AvgIpc) is 2.02. The van der Waals surface area contributed by atoms with Crippen LogP contribution in [-0.2, 0) is 0 Å². The van der Waals surface area contributed by atoms with Crippen molar-refractivity contribution in [2.45, 2.75) is 25.7 Å². The Morgan fingerprint density at radius 3 is 2.62 bits per heavy atom. The van der Waals surface area contributed by atoms with Gasteiger partial charge in [-0.3, -0.25) is 0 Å². The van der Waals surface area contributed by atoms with Crippen molar-refractivity contribution in [1.82, 2.24) is 0 Å². The Bertz CT molecular complexity index is 281. The molecule has 0 atom stereocenters. The zero-order valence-corrected chi connectivity index (χ0v) is 9.27. The fraction of sp³-hybridized carbons (Fsp3) is 0.455. The SMILES string of the molecule is Cc1ccc(OCC(C)C)c(S)c1. The number of hydrogen-bond acceptors (Lipinski definition) is 2. The summed E-state index contributed by atoms with van der Waals surface area (Å²) in [7, 11) is 0. The fourth-order valence-corrected chi connectivity index (χ4v) is 1.35. The maximum atomic E-state index is 5.58. The predicted molar refractivity (Wildman–Crippen MR) is 58.8 cm³/mol. The third-order valence-electron chi connectivity index (χ3n) is 1.69. The van der Waals surface area contributed by atoms with Crippen LogP contribution in [0.4, 0.5) is 0 Å². The van der Waals surface area contributed by atoms with Gasteiger partial charge < -0.3 is 4.74 Å². The van der Waals surface area contributed by atoms with E-state index in [0.29, 0.717) is 5.92 Å². The lowest BCUT2D eigenvalue weighted by molar-refractivity contribution is 0.265. The molecule has 0 radical (unpaired) electrons. The minimum Gasteiger partial charge on any atom is -0.492 e. The van der Waals surface area contributed by atoms with Crippen LogP contribution in [0.25, 0.3) is 0 Å². The maximum absolute atomic E-state index is 5.58. The first-order valence-electron chi connectivity index (χ1n) is 4.52. The van der Waals surface area contributed by atoms with Crippen molar-refractivity contribution < 1.29 is 4.74 Å². The second-order valence-corrected chi connectivity index (χ2v) is 4.16. The van der Waals surface area contributed by atoms with Crippen molar-refractivity contribution in [1.29, 1.82) is 0 Å². The van der Waals surface area contributed by atoms with Crippen molar-refractivity contribution >= 4 is 12.6 Å². The van der Waals surface area contributed by atoms with Crippen LogP contribution in [0.15, 0.2) is 23.1 Å². The number of thiol groups is 1. The van der Waals surface area contributed by atoms with E-state index in [0.717, 1.165) is 17.3 Å². The second-order valence-electron chi connectivity index (χ2n) is 3.68. The Kier molecular flexibility index (Phi) is 3.67. The third kappa shape index (κ3) is 3.31. The minimum atomic E-state index is 0.550. The molecule has 0 saturated heterocycles. The van der Waals surface area contributed by atoms with Crippen LogP contribution in [0.2, 0.25) is 0 Å². The van der Waals surface area contributed by atoms with Gasteiger partial charge in [-0.15, -0.1) is 12.6 Å². The summed E-state index contributed by atoms with van der Waals surface area (Å²) in [6.45, 7) is 7.06. The summed E-state index contributed by atoms with van der Waals surface area (Å²) < 4.78 is 5.58. The van der Waals surface area contributed by atoms with E-state index in [-0.39, 0.29) is 0 Å². The molecule has 2 heteroatoms. The summed E-state index contributed by atoms with van der Waals surface area (Å²) in [5.41, 5.74) is 1.21. The highest BCUT2D eigenvalue weighted by Gasteiger charge is 2.01. The zero-order chi connectivity index (χ0) is 9.84. The molecule has 0 aliphatic rings. The molecular formula is C11H16OS. The summed E-state index contributed by atoms with van der Waals surface area (Å²) in [4.78, 5) is 0.917. The van der Waals surface area contributed by atoms with Crippen LogP contribution in [0.1, 0.15) is 19.4 Å². The molecule has 0 aromatic heterocycles. The largest absolute Gasteiger partial charge is 0.492 e. The molecule has 0 N–H and O–H groups in total. The fourth-order valence-electron chi connectivity index (χ4n) is 1.01. The molecule has 1 rings (SSSR count). The number of ether oxygens (including phenoxy) is 1. The summed E-state index contributed by atoms with van der Waals surface area (Å²) in [6.07, 6.45) is 0. The highest BCUT2D eigenvalue weighted by molar-refractivity contribution is 7.80. The number of hydrogen-bond donors (Lipinski definition) is 1. The van der Waals surface area contributed by atoms with Crippen molar-refractivity contribution in [3.63, 3.8) is 0 Å². The minimum absolute atomic E-state index is 0.550. The van der Waals surface area contributed by atoms with Gasteiger partial charge in [-0.25, -0.2) is 0 Å². The van der Waals surface area contributed by atoms with E-state index < -0.39 is 0 Å². The topological polar surface area (TPSA) is 9.23 Å². The van der Waals surface area contributed by atoms with Gasteiger partial charge >= 0.3 is 0 Å². The van der Waals surface area contributed by atoms with Gasteiger partial charge in [-0.05, 0) is 30.5 Å². The molecular weight excluding hydrogens is 180 g/mol. The molecule has 1 aromatic carbocycles. The average molecular weight is 196 g/mol. The van der Waals surface area contributed by atoms with Crippen molar-refractivity contribution in [3.05, 3.63) is 23.8 Å². The molecule has 0 heterocycles. The molecule has 0 amide bonds. The zero-order valence-electron chi connectivity index (χ0n) is 8.37. The van der Waals surface area contributed by atoms with Crippen LogP contribution in [0.3, 0.4) is 0 Å². The van der Waals surface area contributed by atoms with Gasteiger partial charge in [0.1, 0.15) is 5.75 Å². The van der Waals surface area contributed by atoms with Gasteiger partial charge in [-0.2, -0.15) is 0 Å². The van der Waals surface area contributed by atoms with E-state index in [9.17, 15) is 0 Å². The number of benzene rings is 1. The van der Waals surface area contributed by atoms with Crippen molar-refractivity contribution in [2.24, 2.45) is 5.92 Å². The standard InChI is InChI=1S/C11H16OS/c1-8(2)7-12-10-5-4-9(3)6-11(10)13/h4-6,8,13H,7H2,1-3H3. The monoisotopic (exact) mass is 196 g/mol. The number of rotatable bonds is 3. The van der Waals surface area contributed by atoms with Crippen LogP contribution < -0.4 is 4.74 Å². The molecule has 0 aliphatic heterocycles. The molecule has 13 heavy (non-hydrogen) atoms. The third-order valence-corrected chi connectivity index (χ3v) is 2.04. The molecule has 1 aromatic rings. The summed E-state index contributed by atoms with van der Waals surface area (Å²) in [5, 5.41) is 0. The van der Waals surface area contributed by atoms with E-state index in [1.54, 1.807) is 0 Å². The molecule has 0 spiro atoms. The second kappa shape index (κ2) is 4.56. The normalized spacial score (nSPS) is 10.5. The van der Waals surface area contributed by atoms with Gasteiger partial charge in [-0.1, -0.05) is 19.9 Å². The Labute approximate surface area is 85.5 Å². The summed E-state index contributed by atoms with van der Waals surface area (Å²) in [6, 6.07) is 6.02. The highest BCUT2D eigenvalue weighted by Crippen LogP contribution is 2.23. The molecule has 0 fully saturated rings. The maximum Gasteiger partial charge on any atom is 0.132 e. The summed E-state index contributed by atoms with van der Waals surface area (Å²) >= 11 is 4.35. The lowest BCUT2D eigenvalue weighted by atomic mass is 10.2. The Hall–Kier alpha value is -0.630.